The zero-order valence-electron chi connectivity index (χ0n) is 12.1. The van der Waals surface area contributed by atoms with Gasteiger partial charge < -0.3 is 11.1 Å². The Kier molecular flexibility index (Phi) is 4.20. The number of hydrogen-bond donors (Lipinski definition) is 2. The van der Waals surface area contributed by atoms with Gasteiger partial charge in [-0.2, -0.15) is 5.10 Å². The molecule has 2 rings (SSSR count). The van der Waals surface area contributed by atoms with E-state index in [1.54, 1.807) is 0 Å². The van der Waals surface area contributed by atoms with E-state index in [0.717, 1.165) is 22.5 Å². The smallest absolute Gasteiger partial charge is 0.241 e. The molecule has 20 heavy (non-hydrogen) atoms. The molecule has 0 aliphatic heterocycles. The Bertz CT molecular complexity index is 604. The topological polar surface area (TPSA) is 72.9 Å². The SMILES string of the molecule is Cc1nn(C)c(C)c1CNC(=O)[C@@H](N)c1ccccc1. The van der Waals surface area contributed by atoms with E-state index in [0.29, 0.717) is 6.54 Å². The van der Waals surface area contributed by atoms with Crippen LogP contribution in [-0.2, 0) is 18.4 Å². The third-order valence-corrected chi connectivity index (χ3v) is 3.54. The van der Waals surface area contributed by atoms with Crippen LogP contribution in [-0.4, -0.2) is 15.7 Å². The summed E-state index contributed by atoms with van der Waals surface area (Å²) in [6.07, 6.45) is 0. The summed E-state index contributed by atoms with van der Waals surface area (Å²) in [6.45, 7) is 4.37. The van der Waals surface area contributed by atoms with Gasteiger partial charge in [0.1, 0.15) is 6.04 Å². The van der Waals surface area contributed by atoms with Crippen molar-refractivity contribution in [2.75, 3.05) is 0 Å². The lowest BCUT2D eigenvalue weighted by Gasteiger charge is -2.12. The first-order valence-electron chi connectivity index (χ1n) is 6.58. The Morgan fingerprint density at radius 1 is 1.35 bits per heavy atom. The molecule has 1 atom stereocenters. The molecule has 0 saturated heterocycles. The van der Waals surface area contributed by atoms with Crippen LogP contribution in [0.5, 0.6) is 0 Å². The maximum atomic E-state index is 12.1. The van der Waals surface area contributed by atoms with Gasteiger partial charge >= 0.3 is 0 Å². The van der Waals surface area contributed by atoms with Gasteiger partial charge in [0, 0.05) is 24.8 Å². The van der Waals surface area contributed by atoms with E-state index in [-0.39, 0.29) is 5.91 Å². The molecular weight excluding hydrogens is 252 g/mol. The van der Waals surface area contributed by atoms with Crippen LogP contribution in [0.4, 0.5) is 0 Å². The lowest BCUT2D eigenvalue weighted by molar-refractivity contribution is -0.122. The molecule has 1 heterocycles. The highest BCUT2D eigenvalue weighted by molar-refractivity contribution is 5.82. The molecule has 0 bridgehead atoms. The summed E-state index contributed by atoms with van der Waals surface area (Å²) >= 11 is 0. The van der Waals surface area contributed by atoms with E-state index in [9.17, 15) is 4.79 Å². The van der Waals surface area contributed by atoms with E-state index < -0.39 is 6.04 Å². The van der Waals surface area contributed by atoms with Crippen molar-refractivity contribution in [3.05, 3.63) is 52.8 Å². The number of amides is 1. The molecule has 0 saturated carbocycles. The fourth-order valence-electron chi connectivity index (χ4n) is 2.17. The molecule has 0 radical (unpaired) electrons. The molecular formula is C15H20N4O. The van der Waals surface area contributed by atoms with Gasteiger partial charge in [-0.15, -0.1) is 0 Å². The lowest BCUT2D eigenvalue weighted by atomic mass is 10.1. The van der Waals surface area contributed by atoms with E-state index in [1.165, 1.54) is 0 Å². The van der Waals surface area contributed by atoms with E-state index in [1.807, 2.05) is 55.9 Å². The molecule has 5 heteroatoms. The second-order valence-corrected chi connectivity index (χ2v) is 4.88. The number of benzene rings is 1. The normalized spacial score (nSPS) is 12.2. The highest BCUT2D eigenvalue weighted by atomic mass is 16.2. The molecule has 0 aliphatic rings. The van der Waals surface area contributed by atoms with Gasteiger partial charge in [0.05, 0.1) is 5.69 Å². The minimum absolute atomic E-state index is 0.182. The second-order valence-electron chi connectivity index (χ2n) is 4.88. The summed E-state index contributed by atoms with van der Waals surface area (Å²) in [6, 6.07) is 8.70. The quantitative estimate of drug-likeness (QED) is 0.882. The lowest BCUT2D eigenvalue weighted by Crippen LogP contribution is -2.33. The van der Waals surface area contributed by atoms with Gasteiger partial charge in [0.2, 0.25) is 5.91 Å². The van der Waals surface area contributed by atoms with Crippen LogP contribution >= 0.6 is 0 Å². The van der Waals surface area contributed by atoms with Crippen molar-refractivity contribution < 1.29 is 4.79 Å². The minimum atomic E-state index is -0.645. The van der Waals surface area contributed by atoms with Crippen LogP contribution in [0, 0.1) is 13.8 Å². The largest absolute Gasteiger partial charge is 0.350 e. The molecule has 106 valence electrons. The zero-order valence-corrected chi connectivity index (χ0v) is 12.1. The summed E-state index contributed by atoms with van der Waals surface area (Å²) < 4.78 is 1.81. The first-order valence-corrected chi connectivity index (χ1v) is 6.58. The predicted octanol–water partition coefficient (Wildman–Crippen LogP) is 1.35. The summed E-state index contributed by atoms with van der Waals surface area (Å²) in [5, 5.41) is 7.20. The zero-order chi connectivity index (χ0) is 14.7. The maximum Gasteiger partial charge on any atom is 0.241 e. The molecule has 1 amide bonds. The van der Waals surface area contributed by atoms with E-state index in [4.69, 9.17) is 5.73 Å². The Balaban J connectivity index is 2.02. The number of hydrogen-bond acceptors (Lipinski definition) is 3. The van der Waals surface area contributed by atoms with Gasteiger partial charge in [0.15, 0.2) is 0 Å². The van der Waals surface area contributed by atoms with Crippen molar-refractivity contribution in [2.24, 2.45) is 12.8 Å². The van der Waals surface area contributed by atoms with Crippen molar-refractivity contribution in [3.8, 4) is 0 Å². The highest BCUT2D eigenvalue weighted by Gasteiger charge is 2.16. The van der Waals surface area contributed by atoms with Crippen molar-refractivity contribution in [1.82, 2.24) is 15.1 Å². The van der Waals surface area contributed by atoms with Crippen LogP contribution in [0.2, 0.25) is 0 Å². The summed E-state index contributed by atoms with van der Waals surface area (Å²) in [5.41, 5.74) is 9.78. The Labute approximate surface area is 118 Å². The third kappa shape index (κ3) is 2.88. The molecule has 0 unspecified atom stereocenters. The number of nitrogens with zero attached hydrogens (tertiary/aromatic N) is 2. The fourth-order valence-corrected chi connectivity index (χ4v) is 2.17. The molecule has 5 nitrogen and oxygen atoms in total. The van der Waals surface area contributed by atoms with Gasteiger partial charge in [-0.25, -0.2) is 0 Å². The number of nitrogens with two attached hydrogens (primary N) is 1. The Morgan fingerprint density at radius 2 is 2.00 bits per heavy atom. The third-order valence-electron chi connectivity index (χ3n) is 3.54. The molecule has 1 aromatic carbocycles. The van der Waals surface area contributed by atoms with Crippen LogP contribution < -0.4 is 11.1 Å². The number of aryl methyl sites for hydroxylation is 2. The number of carbonyl (C=O) groups is 1. The molecule has 1 aromatic heterocycles. The first kappa shape index (κ1) is 14.3. The average molecular weight is 272 g/mol. The van der Waals surface area contributed by atoms with Crippen LogP contribution in [0.1, 0.15) is 28.6 Å². The summed E-state index contributed by atoms with van der Waals surface area (Å²) in [5.74, 6) is -0.182. The standard InChI is InChI=1S/C15H20N4O/c1-10-13(11(2)19(3)18-10)9-17-15(20)14(16)12-7-5-4-6-8-12/h4-8,14H,9,16H2,1-3H3,(H,17,20)/t14-/m0/s1. The van der Waals surface area contributed by atoms with Crippen LogP contribution in [0.3, 0.4) is 0 Å². The first-order chi connectivity index (χ1) is 9.50. The molecule has 0 aliphatic carbocycles. The monoisotopic (exact) mass is 272 g/mol. The van der Waals surface area contributed by atoms with Crippen molar-refractivity contribution in [3.63, 3.8) is 0 Å². The van der Waals surface area contributed by atoms with Crippen molar-refractivity contribution in [2.45, 2.75) is 26.4 Å². The molecule has 0 fully saturated rings. The highest BCUT2D eigenvalue weighted by Crippen LogP contribution is 2.13. The average Bonchev–Trinajstić information content (AvgIpc) is 2.70. The Morgan fingerprint density at radius 3 is 2.55 bits per heavy atom. The molecule has 0 spiro atoms. The van der Waals surface area contributed by atoms with Crippen LogP contribution in [0.15, 0.2) is 30.3 Å². The van der Waals surface area contributed by atoms with Gasteiger partial charge in [-0.05, 0) is 19.4 Å². The van der Waals surface area contributed by atoms with E-state index >= 15 is 0 Å². The fraction of sp³-hybridized carbons (Fsp3) is 0.333. The number of rotatable bonds is 4. The predicted molar refractivity (Wildman–Crippen MR) is 77.9 cm³/mol. The number of nitrogens with one attached hydrogen (secondary N) is 1. The van der Waals surface area contributed by atoms with Crippen LogP contribution in [0.25, 0.3) is 0 Å². The maximum absolute atomic E-state index is 12.1. The molecule has 3 N–H and O–H groups in total. The second kappa shape index (κ2) is 5.88. The van der Waals surface area contributed by atoms with Gasteiger partial charge in [-0.1, -0.05) is 30.3 Å². The van der Waals surface area contributed by atoms with Gasteiger partial charge in [0.25, 0.3) is 0 Å². The molecule has 2 aromatic rings. The summed E-state index contributed by atoms with van der Waals surface area (Å²) in [7, 11) is 1.89. The Hall–Kier alpha value is -2.14. The minimum Gasteiger partial charge on any atom is -0.350 e. The number of aromatic nitrogens is 2. The van der Waals surface area contributed by atoms with Crippen molar-refractivity contribution >= 4 is 5.91 Å². The van der Waals surface area contributed by atoms with E-state index in [2.05, 4.69) is 10.4 Å². The van der Waals surface area contributed by atoms with Gasteiger partial charge in [-0.3, -0.25) is 9.48 Å². The van der Waals surface area contributed by atoms with Crippen molar-refractivity contribution in [1.29, 1.82) is 0 Å². The summed E-state index contributed by atoms with van der Waals surface area (Å²) in [4.78, 5) is 12.1. The number of carbonyl (C=O) groups excluding carboxylic acids is 1.